The van der Waals surface area contributed by atoms with Crippen LogP contribution in [0.4, 0.5) is 11.6 Å². The maximum atomic E-state index is 12.2. The third-order valence-corrected chi connectivity index (χ3v) is 7.98. The van der Waals surface area contributed by atoms with Gasteiger partial charge >= 0.3 is 0 Å². The number of piperidine rings is 1. The Morgan fingerprint density at radius 3 is 2.48 bits per heavy atom. The molecule has 2 bridgehead atoms. The molecule has 3 fully saturated rings. The molecule has 0 aromatic carbocycles. The van der Waals surface area contributed by atoms with E-state index in [2.05, 4.69) is 39.5 Å². The SMILES string of the molecule is Cc1cnc2cc(NC3CC(C)NN3)nc(NC3C[C@H]4CC[C@@H](C3)N4S(C)(=O)=O)c2c1. The third-order valence-electron chi connectivity index (χ3n) is 6.62. The summed E-state index contributed by atoms with van der Waals surface area (Å²) in [5.41, 5.74) is 8.44. The predicted octanol–water partition coefficient (Wildman–Crippen LogP) is 1.93. The van der Waals surface area contributed by atoms with Crippen LogP contribution in [0.25, 0.3) is 10.9 Å². The van der Waals surface area contributed by atoms with E-state index >= 15 is 0 Å². The van der Waals surface area contributed by atoms with Crippen molar-refractivity contribution in [2.75, 3.05) is 16.9 Å². The molecule has 2 aromatic rings. The zero-order chi connectivity index (χ0) is 21.8. The molecule has 0 aliphatic carbocycles. The summed E-state index contributed by atoms with van der Waals surface area (Å²) in [7, 11) is -3.17. The standard InChI is InChI=1S/C21H31N7O2S/c1-12-6-17-18(22-11-12)10-19(24-20-7-13(2)26-27-20)25-21(17)23-14-8-15-4-5-16(9-14)28(15)31(3,29)30/h6,10-11,13-16,20,26-27H,4-5,7-9H2,1-3H3,(H2,23,24,25)/t13?,14?,15-,16+,20?. The molecule has 5 rings (SSSR count). The molecule has 10 heteroatoms. The molecule has 3 unspecified atom stereocenters. The Kier molecular flexibility index (Phi) is 5.28. The highest BCUT2D eigenvalue weighted by atomic mass is 32.2. The normalized spacial score (nSPS) is 31.3. The Balaban J connectivity index is 1.41. The molecule has 168 valence electrons. The van der Waals surface area contributed by atoms with Crippen LogP contribution in [-0.2, 0) is 10.0 Å². The van der Waals surface area contributed by atoms with Crippen molar-refractivity contribution >= 4 is 32.6 Å². The monoisotopic (exact) mass is 445 g/mol. The van der Waals surface area contributed by atoms with E-state index in [9.17, 15) is 8.42 Å². The number of fused-ring (bicyclic) bond motifs is 3. The Morgan fingerprint density at radius 1 is 1.10 bits per heavy atom. The van der Waals surface area contributed by atoms with Crippen LogP contribution in [0.3, 0.4) is 0 Å². The van der Waals surface area contributed by atoms with Crippen molar-refractivity contribution in [3.8, 4) is 0 Å². The van der Waals surface area contributed by atoms with Gasteiger partial charge in [-0.1, -0.05) is 0 Å². The summed E-state index contributed by atoms with van der Waals surface area (Å²) >= 11 is 0. The topological polar surface area (TPSA) is 111 Å². The van der Waals surface area contributed by atoms with E-state index in [1.54, 1.807) is 4.31 Å². The van der Waals surface area contributed by atoms with Crippen LogP contribution in [-0.4, -0.2) is 59.3 Å². The van der Waals surface area contributed by atoms with Crippen LogP contribution in [0.1, 0.15) is 44.6 Å². The summed E-state index contributed by atoms with van der Waals surface area (Å²) in [6, 6.07) is 4.84. The average Bonchev–Trinajstić information content (AvgIpc) is 3.23. The van der Waals surface area contributed by atoms with Crippen LogP contribution in [0, 0.1) is 6.92 Å². The van der Waals surface area contributed by atoms with Crippen LogP contribution >= 0.6 is 0 Å². The fraction of sp³-hybridized carbons (Fsp3) is 0.619. The second-order valence-electron chi connectivity index (χ2n) is 9.35. The fourth-order valence-corrected chi connectivity index (χ4v) is 6.85. The van der Waals surface area contributed by atoms with Crippen molar-refractivity contribution in [2.24, 2.45) is 0 Å². The van der Waals surface area contributed by atoms with E-state index < -0.39 is 10.0 Å². The summed E-state index contributed by atoms with van der Waals surface area (Å²) in [5, 5.41) is 8.10. The predicted molar refractivity (Wildman–Crippen MR) is 122 cm³/mol. The van der Waals surface area contributed by atoms with E-state index in [-0.39, 0.29) is 24.3 Å². The first-order chi connectivity index (χ1) is 14.8. The molecule has 9 nitrogen and oxygen atoms in total. The maximum Gasteiger partial charge on any atom is 0.211 e. The quantitative estimate of drug-likeness (QED) is 0.553. The van der Waals surface area contributed by atoms with Crippen molar-refractivity contribution in [2.45, 2.75) is 76.3 Å². The summed E-state index contributed by atoms with van der Waals surface area (Å²) in [4.78, 5) is 9.53. The molecule has 2 aromatic heterocycles. The van der Waals surface area contributed by atoms with Crippen molar-refractivity contribution in [1.29, 1.82) is 0 Å². The lowest BCUT2D eigenvalue weighted by atomic mass is 9.99. The summed E-state index contributed by atoms with van der Waals surface area (Å²) in [6.45, 7) is 4.17. The minimum atomic E-state index is -3.17. The van der Waals surface area contributed by atoms with Gasteiger partial charge in [0.2, 0.25) is 10.0 Å². The third kappa shape index (κ3) is 4.21. The number of nitrogens with zero attached hydrogens (tertiary/aromatic N) is 3. The highest BCUT2D eigenvalue weighted by Crippen LogP contribution is 2.39. The van der Waals surface area contributed by atoms with Crippen LogP contribution < -0.4 is 21.5 Å². The van der Waals surface area contributed by atoms with Gasteiger partial charge < -0.3 is 10.6 Å². The fourth-order valence-electron chi connectivity index (χ4n) is 5.39. The minimum absolute atomic E-state index is 0.0777. The zero-order valence-corrected chi connectivity index (χ0v) is 19.0. The first-order valence-corrected chi connectivity index (χ1v) is 12.9. The molecule has 5 atom stereocenters. The minimum Gasteiger partial charge on any atom is -0.367 e. The van der Waals surface area contributed by atoms with E-state index in [1.807, 2.05) is 19.2 Å². The Morgan fingerprint density at radius 2 is 1.84 bits per heavy atom. The van der Waals surface area contributed by atoms with Gasteiger partial charge in [-0.25, -0.2) is 18.8 Å². The van der Waals surface area contributed by atoms with Crippen molar-refractivity contribution in [3.63, 3.8) is 0 Å². The largest absolute Gasteiger partial charge is 0.367 e. The van der Waals surface area contributed by atoms with Gasteiger partial charge in [0, 0.05) is 41.8 Å². The molecule has 3 aliphatic rings. The lowest BCUT2D eigenvalue weighted by molar-refractivity contribution is 0.236. The molecule has 0 spiro atoms. The maximum absolute atomic E-state index is 12.2. The molecule has 3 saturated heterocycles. The van der Waals surface area contributed by atoms with Gasteiger partial charge in [0.1, 0.15) is 11.6 Å². The van der Waals surface area contributed by atoms with E-state index in [0.717, 1.165) is 60.2 Å². The summed E-state index contributed by atoms with van der Waals surface area (Å²) < 4.78 is 26.2. The average molecular weight is 446 g/mol. The van der Waals surface area contributed by atoms with Gasteiger partial charge in [-0.2, -0.15) is 4.31 Å². The number of hydrogen-bond acceptors (Lipinski definition) is 8. The molecule has 0 amide bonds. The zero-order valence-electron chi connectivity index (χ0n) is 18.2. The second-order valence-corrected chi connectivity index (χ2v) is 11.2. The van der Waals surface area contributed by atoms with Gasteiger partial charge in [-0.05, 0) is 57.6 Å². The van der Waals surface area contributed by atoms with Crippen LogP contribution in [0.5, 0.6) is 0 Å². The number of anilines is 2. The molecular weight excluding hydrogens is 414 g/mol. The van der Waals surface area contributed by atoms with Gasteiger partial charge in [0.25, 0.3) is 0 Å². The molecule has 3 aliphatic heterocycles. The number of pyridine rings is 2. The van der Waals surface area contributed by atoms with Gasteiger partial charge in [0.05, 0.1) is 17.9 Å². The Labute approximate surface area is 183 Å². The van der Waals surface area contributed by atoms with Crippen LogP contribution in [0.2, 0.25) is 0 Å². The van der Waals surface area contributed by atoms with Crippen molar-refractivity contribution < 1.29 is 8.42 Å². The molecular formula is C21H31N7O2S. The number of hydrazine groups is 1. The number of hydrogen-bond donors (Lipinski definition) is 4. The van der Waals surface area contributed by atoms with Crippen LogP contribution in [0.15, 0.2) is 18.3 Å². The molecule has 31 heavy (non-hydrogen) atoms. The second kappa shape index (κ2) is 7.84. The molecule has 0 radical (unpaired) electrons. The van der Waals surface area contributed by atoms with Gasteiger partial charge in [-0.15, -0.1) is 0 Å². The van der Waals surface area contributed by atoms with E-state index in [4.69, 9.17) is 4.98 Å². The molecule has 4 N–H and O–H groups in total. The smallest absolute Gasteiger partial charge is 0.211 e. The first-order valence-electron chi connectivity index (χ1n) is 11.1. The first kappa shape index (κ1) is 20.9. The highest BCUT2D eigenvalue weighted by molar-refractivity contribution is 7.88. The lowest BCUT2D eigenvalue weighted by Gasteiger charge is -2.37. The molecule has 0 saturated carbocycles. The number of sulfonamides is 1. The number of aromatic nitrogens is 2. The highest BCUT2D eigenvalue weighted by Gasteiger charge is 2.45. The number of nitrogens with one attached hydrogen (secondary N) is 4. The Bertz CT molecular complexity index is 1080. The van der Waals surface area contributed by atoms with E-state index in [1.165, 1.54) is 6.26 Å². The lowest BCUT2D eigenvalue weighted by Crippen LogP contribution is -2.49. The molecule has 5 heterocycles. The van der Waals surface area contributed by atoms with Gasteiger partial charge in [0.15, 0.2) is 0 Å². The summed E-state index contributed by atoms with van der Waals surface area (Å²) in [5.74, 6) is 1.59. The Hall–Kier alpha value is -2.01. The van der Waals surface area contributed by atoms with Gasteiger partial charge in [-0.3, -0.25) is 10.4 Å². The number of aryl methyl sites for hydroxylation is 1. The van der Waals surface area contributed by atoms with Crippen molar-refractivity contribution in [3.05, 3.63) is 23.9 Å². The van der Waals surface area contributed by atoms with E-state index in [0.29, 0.717) is 6.04 Å². The van der Waals surface area contributed by atoms with Crippen molar-refractivity contribution in [1.82, 2.24) is 25.1 Å². The number of rotatable bonds is 5. The summed E-state index contributed by atoms with van der Waals surface area (Å²) in [6.07, 6.45) is 7.74.